The highest BCUT2D eigenvalue weighted by Gasteiger charge is 2.39. The van der Waals surface area contributed by atoms with Gasteiger partial charge < -0.3 is 19.3 Å². The largest absolute Gasteiger partial charge is 0.451 e. The number of fused-ring (bicyclic) bond motifs is 2. The average Bonchev–Trinajstić information content (AvgIpc) is 3.12. The van der Waals surface area contributed by atoms with E-state index in [0.29, 0.717) is 23.9 Å². The lowest BCUT2D eigenvalue weighted by Crippen LogP contribution is -2.35. The third-order valence-electron chi connectivity index (χ3n) is 6.01. The van der Waals surface area contributed by atoms with Crippen molar-refractivity contribution in [1.29, 1.82) is 0 Å². The molecule has 2 aliphatic rings. The Morgan fingerprint density at radius 1 is 0.875 bits per heavy atom. The van der Waals surface area contributed by atoms with Gasteiger partial charge in [0.1, 0.15) is 0 Å². The molecule has 1 aromatic heterocycles. The predicted octanol–water partition coefficient (Wildman–Crippen LogP) is 4.55. The van der Waals surface area contributed by atoms with Crippen LogP contribution in [0, 0.1) is 0 Å². The van der Waals surface area contributed by atoms with Gasteiger partial charge in [0.2, 0.25) is 5.82 Å². The Bertz CT molecular complexity index is 1130. The van der Waals surface area contributed by atoms with Crippen molar-refractivity contribution in [3.05, 3.63) is 64.7 Å². The standard InChI is InChI=1S/C22H22ClF3N6/c1-29-8-10-31(17-4-2-16(23)3-5-17)19-7-6-18(12-15(19)13-29)30-9-11-32-20(14-30)27-28-21(32)22(24,25)26/h2-7,12H,8-11,13-14H2,1H3. The highest BCUT2D eigenvalue weighted by Crippen LogP contribution is 2.36. The molecule has 5 rings (SSSR count). The third-order valence-corrected chi connectivity index (χ3v) is 6.26. The summed E-state index contributed by atoms with van der Waals surface area (Å²) in [6.07, 6.45) is -4.49. The zero-order valence-corrected chi connectivity index (χ0v) is 18.2. The van der Waals surface area contributed by atoms with Crippen LogP contribution in [0.3, 0.4) is 0 Å². The molecule has 10 heteroatoms. The van der Waals surface area contributed by atoms with Crippen LogP contribution in [0.2, 0.25) is 5.02 Å². The van der Waals surface area contributed by atoms with Gasteiger partial charge in [-0.3, -0.25) is 0 Å². The summed E-state index contributed by atoms with van der Waals surface area (Å²) in [5.74, 6) is -0.590. The molecule has 2 aromatic carbocycles. The number of hydrogen-bond donors (Lipinski definition) is 0. The zero-order chi connectivity index (χ0) is 22.5. The van der Waals surface area contributed by atoms with E-state index < -0.39 is 12.0 Å². The lowest BCUT2D eigenvalue weighted by molar-refractivity contribution is -0.147. The molecular formula is C22H22ClF3N6. The van der Waals surface area contributed by atoms with Gasteiger partial charge in [0, 0.05) is 54.8 Å². The summed E-state index contributed by atoms with van der Waals surface area (Å²) < 4.78 is 40.6. The highest BCUT2D eigenvalue weighted by atomic mass is 35.5. The van der Waals surface area contributed by atoms with Crippen molar-refractivity contribution in [2.45, 2.75) is 25.8 Å². The van der Waals surface area contributed by atoms with Crippen LogP contribution in [0.1, 0.15) is 17.2 Å². The third kappa shape index (κ3) is 3.91. The van der Waals surface area contributed by atoms with Crippen molar-refractivity contribution in [2.24, 2.45) is 0 Å². The van der Waals surface area contributed by atoms with E-state index in [-0.39, 0.29) is 6.54 Å². The molecule has 6 nitrogen and oxygen atoms in total. The molecule has 2 aliphatic heterocycles. The summed E-state index contributed by atoms with van der Waals surface area (Å²) in [4.78, 5) is 6.60. The lowest BCUT2D eigenvalue weighted by atomic mass is 10.1. The number of aromatic nitrogens is 3. The fourth-order valence-electron chi connectivity index (χ4n) is 4.40. The first-order valence-corrected chi connectivity index (χ1v) is 10.8. The van der Waals surface area contributed by atoms with E-state index >= 15 is 0 Å². The van der Waals surface area contributed by atoms with Gasteiger partial charge in [0.25, 0.3) is 0 Å². The topological polar surface area (TPSA) is 40.4 Å². The van der Waals surface area contributed by atoms with Crippen molar-refractivity contribution >= 4 is 28.7 Å². The second kappa shape index (κ2) is 7.97. The number of nitrogens with zero attached hydrogens (tertiary/aromatic N) is 6. The number of rotatable bonds is 2. The van der Waals surface area contributed by atoms with Crippen molar-refractivity contribution < 1.29 is 13.2 Å². The summed E-state index contributed by atoms with van der Waals surface area (Å²) in [6.45, 7) is 3.49. The average molecular weight is 463 g/mol. The molecule has 0 fully saturated rings. The number of alkyl halides is 3. The van der Waals surface area contributed by atoms with E-state index in [1.807, 2.05) is 30.3 Å². The summed E-state index contributed by atoms with van der Waals surface area (Å²) in [5.41, 5.74) is 4.34. The predicted molar refractivity (Wildman–Crippen MR) is 117 cm³/mol. The maximum Gasteiger partial charge on any atom is 0.451 e. The van der Waals surface area contributed by atoms with Crippen LogP contribution in [-0.4, -0.2) is 46.3 Å². The number of anilines is 3. The lowest BCUT2D eigenvalue weighted by Gasteiger charge is -2.31. The van der Waals surface area contributed by atoms with Crippen LogP contribution in [0.5, 0.6) is 0 Å². The maximum atomic E-state index is 13.1. The van der Waals surface area contributed by atoms with Gasteiger partial charge in [-0.2, -0.15) is 13.2 Å². The molecule has 0 unspecified atom stereocenters. The van der Waals surface area contributed by atoms with Gasteiger partial charge in [-0.15, -0.1) is 10.2 Å². The number of likely N-dealkylation sites (N-methyl/N-ethyl adjacent to an activating group) is 1. The minimum atomic E-state index is -4.49. The van der Waals surface area contributed by atoms with Crippen molar-refractivity contribution in [3.8, 4) is 0 Å². The molecule has 0 saturated carbocycles. The molecule has 0 bridgehead atoms. The molecule has 0 radical (unpaired) electrons. The monoisotopic (exact) mass is 462 g/mol. The maximum absolute atomic E-state index is 13.1. The number of halogens is 4. The number of benzene rings is 2. The van der Waals surface area contributed by atoms with Gasteiger partial charge in [-0.25, -0.2) is 0 Å². The van der Waals surface area contributed by atoms with Crippen LogP contribution >= 0.6 is 11.6 Å². The quantitative estimate of drug-likeness (QED) is 0.558. The van der Waals surface area contributed by atoms with Gasteiger partial charge >= 0.3 is 6.18 Å². The van der Waals surface area contributed by atoms with Gasteiger partial charge in [-0.05, 0) is 55.1 Å². The summed E-state index contributed by atoms with van der Waals surface area (Å²) in [5, 5.41) is 7.87. The van der Waals surface area contributed by atoms with Crippen LogP contribution in [0.25, 0.3) is 0 Å². The molecule has 3 heterocycles. The smallest absolute Gasteiger partial charge is 0.362 e. The summed E-state index contributed by atoms with van der Waals surface area (Å²) in [6, 6.07) is 14.1. The SMILES string of the molecule is CN1CCN(c2ccc(Cl)cc2)c2ccc(N3CCn4c(nnc4C(F)(F)F)C3)cc2C1. The first kappa shape index (κ1) is 21.1. The second-order valence-electron chi connectivity index (χ2n) is 8.19. The van der Waals surface area contributed by atoms with E-state index in [1.54, 1.807) is 0 Å². The van der Waals surface area contributed by atoms with Crippen molar-refractivity contribution in [3.63, 3.8) is 0 Å². The van der Waals surface area contributed by atoms with Crippen LogP contribution in [-0.2, 0) is 25.8 Å². The Morgan fingerprint density at radius 3 is 2.38 bits per heavy atom. The first-order chi connectivity index (χ1) is 15.3. The Balaban J connectivity index is 1.45. The van der Waals surface area contributed by atoms with Gasteiger partial charge in [-0.1, -0.05) is 11.6 Å². The van der Waals surface area contributed by atoms with Crippen molar-refractivity contribution in [2.75, 3.05) is 36.5 Å². The minimum Gasteiger partial charge on any atom is -0.362 e. The molecule has 0 atom stereocenters. The molecule has 0 N–H and O–H groups in total. The van der Waals surface area contributed by atoms with E-state index in [9.17, 15) is 13.2 Å². The molecule has 0 amide bonds. The molecule has 32 heavy (non-hydrogen) atoms. The van der Waals surface area contributed by atoms with Gasteiger partial charge in [0.05, 0.1) is 6.54 Å². The van der Waals surface area contributed by atoms with Crippen LogP contribution < -0.4 is 9.80 Å². The minimum absolute atomic E-state index is 0.199. The zero-order valence-electron chi connectivity index (χ0n) is 17.5. The molecule has 0 spiro atoms. The van der Waals surface area contributed by atoms with E-state index in [2.05, 4.69) is 44.1 Å². The second-order valence-corrected chi connectivity index (χ2v) is 8.63. The Kier molecular flexibility index (Phi) is 5.25. The fraction of sp³-hybridized carbons (Fsp3) is 0.364. The summed E-state index contributed by atoms with van der Waals surface area (Å²) >= 11 is 6.07. The van der Waals surface area contributed by atoms with E-state index in [4.69, 9.17) is 11.6 Å². The van der Waals surface area contributed by atoms with Crippen LogP contribution in [0.15, 0.2) is 42.5 Å². The molecule has 3 aromatic rings. The molecule has 168 valence electrons. The number of hydrogen-bond acceptors (Lipinski definition) is 5. The Morgan fingerprint density at radius 2 is 1.62 bits per heavy atom. The summed E-state index contributed by atoms with van der Waals surface area (Å²) in [7, 11) is 2.09. The normalized spacial score (nSPS) is 17.2. The Hall–Kier alpha value is -2.78. The van der Waals surface area contributed by atoms with Crippen LogP contribution in [0.4, 0.5) is 30.2 Å². The first-order valence-electron chi connectivity index (χ1n) is 10.4. The highest BCUT2D eigenvalue weighted by molar-refractivity contribution is 6.30. The Labute approximate surface area is 188 Å². The molecule has 0 aliphatic carbocycles. The van der Waals surface area contributed by atoms with Crippen molar-refractivity contribution in [1.82, 2.24) is 19.7 Å². The van der Waals surface area contributed by atoms with Gasteiger partial charge in [0.15, 0.2) is 5.82 Å². The fourth-order valence-corrected chi connectivity index (χ4v) is 4.52. The molecule has 0 saturated heterocycles. The van der Waals surface area contributed by atoms with E-state index in [0.717, 1.165) is 36.7 Å². The van der Waals surface area contributed by atoms with E-state index in [1.165, 1.54) is 10.1 Å². The molecular weight excluding hydrogens is 441 g/mol.